The summed E-state index contributed by atoms with van der Waals surface area (Å²) < 4.78 is 5.72. The molecule has 0 aliphatic heterocycles. The lowest BCUT2D eigenvalue weighted by atomic mass is 10.1. The van der Waals surface area contributed by atoms with Crippen LogP contribution in [0.25, 0.3) is 11.1 Å². The fourth-order valence-electron chi connectivity index (χ4n) is 2.27. The molecule has 2 aromatic carbocycles. The van der Waals surface area contributed by atoms with Gasteiger partial charge >= 0.3 is 0 Å². The van der Waals surface area contributed by atoms with Gasteiger partial charge in [0.2, 0.25) is 5.88 Å². The number of nitrogens with zero attached hydrogens (tertiary/aromatic N) is 2. The molecule has 0 atom stereocenters. The Morgan fingerprint density at radius 1 is 1.04 bits per heavy atom. The number of benzene rings is 2. The van der Waals surface area contributed by atoms with Crippen molar-refractivity contribution in [3.8, 4) is 28.8 Å². The summed E-state index contributed by atoms with van der Waals surface area (Å²) in [4.78, 5) is 4.28. The summed E-state index contributed by atoms with van der Waals surface area (Å²) in [6.07, 6.45) is 1.69. The van der Waals surface area contributed by atoms with Crippen molar-refractivity contribution < 1.29 is 4.74 Å². The highest BCUT2D eigenvalue weighted by molar-refractivity contribution is 5.65. The Kier molecular flexibility index (Phi) is 3.94. The molecular formula is C19H15N3O. The van der Waals surface area contributed by atoms with Gasteiger partial charge in [0, 0.05) is 11.8 Å². The van der Waals surface area contributed by atoms with Gasteiger partial charge < -0.3 is 10.5 Å². The molecule has 0 fully saturated rings. The van der Waals surface area contributed by atoms with Crippen LogP contribution >= 0.6 is 0 Å². The number of hydrogen-bond acceptors (Lipinski definition) is 4. The molecule has 4 nitrogen and oxygen atoms in total. The van der Waals surface area contributed by atoms with Crippen molar-refractivity contribution in [2.75, 3.05) is 5.73 Å². The van der Waals surface area contributed by atoms with Gasteiger partial charge in [-0.1, -0.05) is 36.4 Å². The van der Waals surface area contributed by atoms with E-state index < -0.39 is 0 Å². The van der Waals surface area contributed by atoms with Crippen molar-refractivity contribution in [1.29, 1.82) is 5.26 Å². The van der Waals surface area contributed by atoms with E-state index in [1.165, 1.54) is 0 Å². The molecule has 0 bridgehead atoms. The SMILES string of the molecule is Cc1ccc(Oc2ncc(-c3ccccc3)cc2C#N)c(N)c1. The van der Waals surface area contributed by atoms with Crippen molar-refractivity contribution in [2.45, 2.75) is 6.92 Å². The van der Waals surface area contributed by atoms with Crippen molar-refractivity contribution in [3.05, 3.63) is 71.9 Å². The molecule has 0 aliphatic rings. The average Bonchev–Trinajstić information content (AvgIpc) is 2.58. The van der Waals surface area contributed by atoms with Gasteiger partial charge in [-0.25, -0.2) is 4.98 Å². The maximum atomic E-state index is 9.38. The molecule has 2 N–H and O–H groups in total. The molecule has 0 saturated heterocycles. The first kappa shape index (κ1) is 14.6. The van der Waals surface area contributed by atoms with Crippen molar-refractivity contribution in [1.82, 2.24) is 4.98 Å². The van der Waals surface area contributed by atoms with Gasteiger partial charge in [0.15, 0.2) is 5.75 Å². The van der Waals surface area contributed by atoms with Crippen LogP contribution in [0.3, 0.4) is 0 Å². The van der Waals surface area contributed by atoms with Crippen molar-refractivity contribution >= 4 is 5.69 Å². The summed E-state index contributed by atoms with van der Waals surface area (Å²) in [7, 11) is 0. The Morgan fingerprint density at radius 2 is 1.83 bits per heavy atom. The smallest absolute Gasteiger partial charge is 0.237 e. The van der Waals surface area contributed by atoms with Crippen molar-refractivity contribution in [2.24, 2.45) is 0 Å². The first-order valence-corrected chi connectivity index (χ1v) is 7.17. The molecule has 112 valence electrons. The molecule has 3 aromatic rings. The van der Waals surface area contributed by atoms with Crippen LogP contribution in [0.5, 0.6) is 11.6 Å². The van der Waals surface area contributed by atoms with Crippen LogP contribution in [0.2, 0.25) is 0 Å². The highest BCUT2D eigenvalue weighted by Gasteiger charge is 2.11. The number of nitrogen functional groups attached to an aromatic ring is 1. The molecule has 0 aliphatic carbocycles. The maximum absolute atomic E-state index is 9.38. The molecule has 3 rings (SSSR count). The Labute approximate surface area is 134 Å². The predicted octanol–water partition coefficient (Wildman–Crippen LogP) is 4.30. The predicted molar refractivity (Wildman–Crippen MR) is 90.1 cm³/mol. The van der Waals surface area contributed by atoms with Gasteiger partial charge in [0.1, 0.15) is 11.6 Å². The number of nitrogens with two attached hydrogens (primary N) is 1. The van der Waals surface area contributed by atoms with Crippen LogP contribution in [0.4, 0.5) is 5.69 Å². The summed E-state index contributed by atoms with van der Waals surface area (Å²) in [6, 6.07) is 19.2. The van der Waals surface area contributed by atoms with E-state index in [2.05, 4.69) is 11.1 Å². The van der Waals surface area contributed by atoms with Gasteiger partial charge in [0.05, 0.1) is 5.69 Å². The Hall–Kier alpha value is -3.32. The minimum absolute atomic E-state index is 0.253. The van der Waals surface area contributed by atoms with Gasteiger partial charge in [-0.15, -0.1) is 0 Å². The maximum Gasteiger partial charge on any atom is 0.237 e. The normalized spacial score (nSPS) is 10.1. The lowest BCUT2D eigenvalue weighted by molar-refractivity contribution is 0.463. The molecule has 0 radical (unpaired) electrons. The molecule has 23 heavy (non-hydrogen) atoms. The summed E-state index contributed by atoms with van der Waals surface area (Å²) >= 11 is 0. The summed E-state index contributed by atoms with van der Waals surface area (Å²) in [5, 5.41) is 9.38. The Morgan fingerprint density at radius 3 is 2.52 bits per heavy atom. The molecule has 0 unspecified atom stereocenters. The summed E-state index contributed by atoms with van der Waals surface area (Å²) in [5.41, 5.74) is 9.74. The summed E-state index contributed by atoms with van der Waals surface area (Å²) in [5.74, 6) is 0.745. The molecule has 4 heteroatoms. The topological polar surface area (TPSA) is 71.9 Å². The van der Waals surface area contributed by atoms with Crippen LogP contribution in [-0.2, 0) is 0 Å². The number of hydrogen-bond donors (Lipinski definition) is 1. The van der Waals surface area contributed by atoms with Crippen LogP contribution in [0, 0.1) is 18.3 Å². The molecule has 1 heterocycles. The second kappa shape index (κ2) is 6.20. The highest BCUT2D eigenvalue weighted by atomic mass is 16.5. The standard InChI is InChI=1S/C19H15N3O/c1-13-7-8-18(17(21)9-13)23-19-15(11-20)10-16(12-22-19)14-5-3-2-4-6-14/h2-10,12H,21H2,1H3. The molecule has 0 spiro atoms. The van der Waals surface area contributed by atoms with E-state index in [1.54, 1.807) is 18.3 Å². The number of ether oxygens (including phenoxy) is 1. The first-order chi connectivity index (χ1) is 11.2. The third-order valence-corrected chi connectivity index (χ3v) is 3.45. The number of nitriles is 1. The monoisotopic (exact) mass is 301 g/mol. The van der Waals surface area contributed by atoms with Gasteiger partial charge in [-0.3, -0.25) is 0 Å². The van der Waals surface area contributed by atoms with Crippen LogP contribution in [0.15, 0.2) is 60.8 Å². The van der Waals surface area contributed by atoms with Gasteiger partial charge in [0.25, 0.3) is 0 Å². The van der Waals surface area contributed by atoms with E-state index in [-0.39, 0.29) is 5.88 Å². The highest BCUT2D eigenvalue weighted by Crippen LogP contribution is 2.30. The van der Waals surface area contributed by atoms with E-state index in [0.717, 1.165) is 16.7 Å². The van der Waals surface area contributed by atoms with E-state index in [4.69, 9.17) is 10.5 Å². The number of aryl methyl sites for hydroxylation is 1. The number of pyridine rings is 1. The van der Waals surface area contributed by atoms with E-state index in [0.29, 0.717) is 17.0 Å². The molecule has 1 aromatic heterocycles. The number of anilines is 1. The largest absolute Gasteiger partial charge is 0.436 e. The Balaban J connectivity index is 1.96. The minimum Gasteiger partial charge on any atom is -0.436 e. The van der Waals surface area contributed by atoms with Crippen LogP contribution in [0.1, 0.15) is 11.1 Å². The Bertz CT molecular complexity index is 883. The second-order valence-corrected chi connectivity index (χ2v) is 5.20. The average molecular weight is 301 g/mol. The first-order valence-electron chi connectivity index (χ1n) is 7.17. The third kappa shape index (κ3) is 3.14. The summed E-state index contributed by atoms with van der Waals surface area (Å²) in [6.45, 7) is 1.95. The molecule has 0 saturated carbocycles. The van der Waals surface area contributed by atoms with Crippen LogP contribution < -0.4 is 10.5 Å². The fourth-order valence-corrected chi connectivity index (χ4v) is 2.27. The third-order valence-electron chi connectivity index (χ3n) is 3.45. The lowest BCUT2D eigenvalue weighted by Gasteiger charge is -2.10. The van der Waals surface area contributed by atoms with Gasteiger partial charge in [-0.05, 0) is 36.2 Å². The number of aromatic nitrogens is 1. The minimum atomic E-state index is 0.253. The molecule has 0 amide bonds. The van der Waals surface area contributed by atoms with Gasteiger partial charge in [-0.2, -0.15) is 5.26 Å². The van der Waals surface area contributed by atoms with E-state index in [1.807, 2.05) is 49.4 Å². The second-order valence-electron chi connectivity index (χ2n) is 5.20. The van der Waals surface area contributed by atoms with Crippen molar-refractivity contribution in [3.63, 3.8) is 0 Å². The van der Waals surface area contributed by atoms with E-state index >= 15 is 0 Å². The zero-order chi connectivity index (χ0) is 16.2. The van der Waals surface area contributed by atoms with E-state index in [9.17, 15) is 5.26 Å². The molecular weight excluding hydrogens is 286 g/mol. The lowest BCUT2D eigenvalue weighted by Crippen LogP contribution is -1.97. The fraction of sp³-hybridized carbons (Fsp3) is 0.0526. The zero-order valence-corrected chi connectivity index (χ0v) is 12.7. The zero-order valence-electron chi connectivity index (χ0n) is 12.7. The quantitative estimate of drug-likeness (QED) is 0.732. The van der Waals surface area contributed by atoms with Crippen LogP contribution in [-0.4, -0.2) is 4.98 Å². The number of rotatable bonds is 3.